The van der Waals surface area contributed by atoms with Crippen molar-refractivity contribution in [3.05, 3.63) is 65.7 Å². The van der Waals surface area contributed by atoms with E-state index in [0.717, 1.165) is 0 Å². The molecule has 0 fully saturated rings. The molecule has 0 saturated carbocycles. The first-order valence-electron chi connectivity index (χ1n) is 8.57. The van der Waals surface area contributed by atoms with E-state index < -0.39 is 5.91 Å². The Labute approximate surface area is 156 Å². The van der Waals surface area contributed by atoms with Gasteiger partial charge in [0.15, 0.2) is 11.5 Å². The zero-order valence-corrected chi connectivity index (χ0v) is 15.3. The molecule has 7 nitrogen and oxygen atoms in total. The minimum absolute atomic E-state index is 0.0463. The molecule has 0 spiro atoms. The number of aromatic nitrogens is 2. The first kappa shape index (κ1) is 18.3. The van der Waals surface area contributed by atoms with Gasteiger partial charge in [-0.05, 0) is 57.2 Å². The Hall–Kier alpha value is -3.48. The van der Waals surface area contributed by atoms with E-state index >= 15 is 0 Å². The Balaban J connectivity index is 1.92. The molecule has 0 aliphatic carbocycles. The number of hydrogen-bond donors (Lipinski definition) is 2. The fourth-order valence-electron chi connectivity index (χ4n) is 2.67. The molecule has 0 radical (unpaired) electrons. The number of carbonyl (C=O) groups is 3. The third kappa shape index (κ3) is 3.87. The van der Waals surface area contributed by atoms with Crippen LogP contribution in [0.2, 0.25) is 0 Å². The van der Waals surface area contributed by atoms with E-state index in [9.17, 15) is 14.4 Å². The molecule has 0 saturated heterocycles. The zero-order valence-electron chi connectivity index (χ0n) is 15.3. The predicted octanol–water partition coefficient (Wildman–Crippen LogP) is 2.93. The minimum atomic E-state index is -0.449. The van der Waals surface area contributed by atoms with Crippen LogP contribution in [0.5, 0.6) is 0 Å². The van der Waals surface area contributed by atoms with Gasteiger partial charge >= 0.3 is 0 Å². The molecule has 0 aliphatic rings. The number of fused-ring (bicyclic) bond motifs is 1. The summed E-state index contributed by atoms with van der Waals surface area (Å²) < 4.78 is 1.58. The van der Waals surface area contributed by atoms with Gasteiger partial charge in [0.05, 0.1) is 5.52 Å². The lowest BCUT2D eigenvalue weighted by molar-refractivity contribution is 0.0939. The Bertz CT molecular complexity index is 1020. The van der Waals surface area contributed by atoms with Crippen LogP contribution in [0.15, 0.2) is 48.7 Å². The number of hydrogen-bond acceptors (Lipinski definition) is 4. The number of benzene rings is 1. The van der Waals surface area contributed by atoms with Crippen LogP contribution in [-0.4, -0.2) is 33.0 Å². The number of ketones is 1. The van der Waals surface area contributed by atoms with Gasteiger partial charge in [-0.25, -0.2) is 4.98 Å². The number of nitrogens with zero attached hydrogens (tertiary/aromatic N) is 2. The maximum atomic E-state index is 12.7. The number of amides is 2. The summed E-state index contributed by atoms with van der Waals surface area (Å²) in [7, 11) is 0. The average molecular weight is 364 g/mol. The monoisotopic (exact) mass is 364 g/mol. The van der Waals surface area contributed by atoms with Crippen LogP contribution in [0, 0.1) is 0 Å². The largest absolute Gasteiger partial charge is 0.348 e. The Kier molecular flexibility index (Phi) is 5.03. The first-order valence-corrected chi connectivity index (χ1v) is 8.57. The van der Waals surface area contributed by atoms with E-state index in [0.29, 0.717) is 16.8 Å². The third-order valence-electron chi connectivity index (χ3n) is 3.94. The van der Waals surface area contributed by atoms with Gasteiger partial charge in [0.25, 0.3) is 11.8 Å². The maximum Gasteiger partial charge on any atom is 0.292 e. The number of nitrogens with one attached hydrogen (secondary N) is 2. The molecule has 2 heterocycles. The highest BCUT2D eigenvalue weighted by Crippen LogP contribution is 2.16. The first-order chi connectivity index (χ1) is 12.9. The van der Waals surface area contributed by atoms with Gasteiger partial charge in [-0.15, -0.1) is 0 Å². The van der Waals surface area contributed by atoms with Crippen molar-refractivity contribution >= 4 is 28.8 Å². The molecule has 0 unspecified atom stereocenters. The summed E-state index contributed by atoms with van der Waals surface area (Å²) in [6.07, 6.45) is 1.68. The molecule has 0 atom stereocenters. The topological polar surface area (TPSA) is 92.6 Å². The molecule has 2 amide bonds. The summed E-state index contributed by atoms with van der Waals surface area (Å²) in [6.45, 7) is 5.19. The summed E-state index contributed by atoms with van der Waals surface area (Å²) in [6, 6.07) is 11.8. The molecule has 138 valence electrons. The van der Waals surface area contributed by atoms with Gasteiger partial charge in [0.1, 0.15) is 0 Å². The van der Waals surface area contributed by atoms with Crippen molar-refractivity contribution in [3.63, 3.8) is 0 Å². The Morgan fingerprint density at radius 3 is 2.33 bits per heavy atom. The molecule has 7 heteroatoms. The van der Waals surface area contributed by atoms with E-state index in [-0.39, 0.29) is 29.3 Å². The summed E-state index contributed by atoms with van der Waals surface area (Å²) in [5, 5.41) is 5.54. The summed E-state index contributed by atoms with van der Waals surface area (Å²) in [4.78, 5) is 40.7. The molecule has 3 rings (SSSR count). The van der Waals surface area contributed by atoms with E-state index in [1.165, 1.54) is 6.92 Å². The average Bonchev–Trinajstić information content (AvgIpc) is 3.01. The van der Waals surface area contributed by atoms with Crippen LogP contribution in [0.3, 0.4) is 0 Å². The van der Waals surface area contributed by atoms with E-state index in [4.69, 9.17) is 0 Å². The molecule has 1 aromatic carbocycles. The lowest BCUT2D eigenvalue weighted by atomic mass is 10.1. The van der Waals surface area contributed by atoms with Crippen molar-refractivity contribution in [2.75, 3.05) is 5.32 Å². The van der Waals surface area contributed by atoms with E-state index in [1.807, 2.05) is 13.8 Å². The van der Waals surface area contributed by atoms with Crippen LogP contribution in [0.4, 0.5) is 5.69 Å². The van der Waals surface area contributed by atoms with Gasteiger partial charge in [0, 0.05) is 23.5 Å². The fourth-order valence-corrected chi connectivity index (χ4v) is 2.67. The SMILES string of the molecule is CC(=O)c1ccc(NC(=O)c2nc(C(=O)NC(C)C)c3ccccn23)cc1. The van der Waals surface area contributed by atoms with E-state index in [1.54, 1.807) is 53.1 Å². The maximum absolute atomic E-state index is 12.7. The Morgan fingerprint density at radius 2 is 1.70 bits per heavy atom. The number of anilines is 1. The Morgan fingerprint density at radius 1 is 1.00 bits per heavy atom. The zero-order chi connectivity index (χ0) is 19.6. The van der Waals surface area contributed by atoms with Crippen LogP contribution in [0.25, 0.3) is 5.52 Å². The quantitative estimate of drug-likeness (QED) is 0.681. The second kappa shape index (κ2) is 7.41. The molecule has 27 heavy (non-hydrogen) atoms. The minimum Gasteiger partial charge on any atom is -0.348 e. The molecule has 2 aromatic heterocycles. The fraction of sp³-hybridized carbons (Fsp3) is 0.200. The van der Waals surface area contributed by atoms with Crippen molar-refractivity contribution in [2.45, 2.75) is 26.8 Å². The summed E-state index contributed by atoms with van der Waals surface area (Å²) in [5.74, 6) is -0.725. The van der Waals surface area contributed by atoms with Gasteiger partial charge in [-0.3, -0.25) is 18.8 Å². The normalized spacial score (nSPS) is 10.8. The third-order valence-corrected chi connectivity index (χ3v) is 3.94. The molecular weight excluding hydrogens is 344 g/mol. The van der Waals surface area contributed by atoms with Crippen LogP contribution >= 0.6 is 0 Å². The molecular formula is C20H20N4O3. The van der Waals surface area contributed by atoms with Crippen molar-refractivity contribution < 1.29 is 14.4 Å². The van der Waals surface area contributed by atoms with Crippen molar-refractivity contribution in [3.8, 4) is 0 Å². The van der Waals surface area contributed by atoms with Crippen molar-refractivity contribution in [2.24, 2.45) is 0 Å². The second-order valence-electron chi connectivity index (χ2n) is 6.46. The molecule has 2 N–H and O–H groups in total. The van der Waals surface area contributed by atoms with Crippen molar-refractivity contribution in [1.29, 1.82) is 0 Å². The van der Waals surface area contributed by atoms with Crippen LogP contribution in [-0.2, 0) is 0 Å². The van der Waals surface area contributed by atoms with E-state index in [2.05, 4.69) is 15.6 Å². The van der Waals surface area contributed by atoms with Crippen LogP contribution in [0.1, 0.15) is 52.2 Å². The predicted molar refractivity (Wildman–Crippen MR) is 102 cm³/mol. The second-order valence-corrected chi connectivity index (χ2v) is 6.46. The number of Topliss-reactive ketones (excluding diaryl/α,β-unsaturated/α-hetero) is 1. The van der Waals surface area contributed by atoms with Crippen LogP contribution < -0.4 is 10.6 Å². The standard InChI is InChI=1S/C20H20N4O3/c1-12(2)21-19(26)17-16-6-4-5-11-24(16)18(23-17)20(27)22-15-9-7-14(8-10-15)13(3)25/h4-12H,1-3H3,(H,21,26)(H,22,27). The highest BCUT2D eigenvalue weighted by molar-refractivity contribution is 6.06. The number of carbonyl (C=O) groups excluding carboxylic acids is 3. The lowest BCUT2D eigenvalue weighted by Gasteiger charge is -2.06. The number of imidazole rings is 1. The lowest BCUT2D eigenvalue weighted by Crippen LogP contribution is -2.30. The van der Waals surface area contributed by atoms with Gasteiger partial charge in [-0.2, -0.15) is 0 Å². The molecule has 3 aromatic rings. The molecule has 0 aliphatic heterocycles. The van der Waals surface area contributed by atoms with Gasteiger partial charge in [0.2, 0.25) is 5.82 Å². The highest BCUT2D eigenvalue weighted by Gasteiger charge is 2.21. The number of pyridine rings is 1. The molecule has 0 bridgehead atoms. The summed E-state index contributed by atoms with van der Waals surface area (Å²) >= 11 is 0. The van der Waals surface area contributed by atoms with Gasteiger partial charge in [-0.1, -0.05) is 6.07 Å². The van der Waals surface area contributed by atoms with Crippen molar-refractivity contribution in [1.82, 2.24) is 14.7 Å². The highest BCUT2D eigenvalue weighted by atomic mass is 16.2. The smallest absolute Gasteiger partial charge is 0.292 e. The summed E-state index contributed by atoms with van der Waals surface area (Å²) in [5.41, 5.74) is 1.84. The van der Waals surface area contributed by atoms with Gasteiger partial charge < -0.3 is 10.6 Å². The number of rotatable bonds is 5.